The van der Waals surface area contributed by atoms with Crippen LogP contribution in [0.15, 0.2) is 23.1 Å². The predicted octanol–water partition coefficient (Wildman–Crippen LogP) is 3.52. The standard InChI is InChI=1S/C16H24N2O2S/c1-3-9-21-11-5-6-13(17)14(10-11)18-16(19)12-7-8-20-15(12)4-2/h5-6,10,12,15H,3-4,7-9,17H2,1-2H3,(H,18,19). The number of nitrogens with two attached hydrogens (primary N) is 1. The molecule has 0 aromatic heterocycles. The molecule has 2 atom stereocenters. The highest BCUT2D eigenvalue weighted by atomic mass is 32.2. The SMILES string of the molecule is CCCSc1ccc(N)c(NC(=O)C2CCOC2CC)c1. The Hall–Kier alpha value is -1.20. The number of benzene rings is 1. The van der Waals surface area contributed by atoms with Crippen LogP contribution >= 0.6 is 11.8 Å². The first kappa shape index (κ1) is 16.2. The molecule has 116 valence electrons. The molecule has 0 spiro atoms. The quantitative estimate of drug-likeness (QED) is 0.623. The van der Waals surface area contributed by atoms with Crippen LogP contribution in [0.5, 0.6) is 0 Å². The summed E-state index contributed by atoms with van der Waals surface area (Å²) in [6.45, 7) is 4.86. The van der Waals surface area contributed by atoms with Gasteiger partial charge in [-0.1, -0.05) is 13.8 Å². The van der Waals surface area contributed by atoms with E-state index in [1.165, 1.54) is 0 Å². The lowest BCUT2D eigenvalue weighted by Gasteiger charge is -2.17. The minimum absolute atomic E-state index is 0.0173. The van der Waals surface area contributed by atoms with Crippen molar-refractivity contribution in [2.75, 3.05) is 23.4 Å². The molecule has 21 heavy (non-hydrogen) atoms. The van der Waals surface area contributed by atoms with Crippen molar-refractivity contribution < 1.29 is 9.53 Å². The van der Waals surface area contributed by atoms with E-state index in [2.05, 4.69) is 12.2 Å². The number of thioether (sulfide) groups is 1. The van der Waals surface area contributed by atoms with Gasteiger partial charge in [-0.2, -0.15) is 0 Å². The maximum absolute atomic E-state index is 12.4. The van der Waals surface area contributed by atoms with Crippen molar-refractivity contribution in [1.29, 1.82) is 0 Å². The molecule has 0 radical (unpaired) electrons. The lowest BCUT2D eigenvalue weighted by Crippen LogP contribution is -2.29. The van der Waals surface area contributed by atoms with E-state index in [0.717, 1.165) is 29.9 Å². The Morgan fingerprint density at radius 2 is 2.29 bits per heavy atom. The molecule has 2 unspecified atom stereocenters. The lowest BCUT2D eigenvalue weighted by atomic mass is 9.98. The molecule has 0 aliphatic carbocycles. The van der Waals surface area contributed by atoms with Gasteiger partial charge < -0.3 is 15.8 Å². The van der Waals surface area contributed by atoms with Crippen molar-refractivity contribution in [2.45, 2.75) is 44.1 Å². The van der Waals surface area contributed by atoms with Crippen molar-refractivity contribution >= 4 is 29.0 Å². The van der Waals surface area contributed by atoms with E-state index in [4.69, 9.17) is 10.5 Å². The molecule has 1 amide bonds. The summed E-state index contributed by atoms with van der Waals surface area (Å²) in [6.07, 6.45) is 2.80. The van der Waals surface area contributed by atoms with Gasteiger partial charge in [0, 0.05) is 11.5 Å². The minimum Gasteiger partial charge on any atom is -0.397 e. The molecule has 0 bridgehead atoms. The van der Waals surface area contributed by atoms with Crippen LogP contribution in [0.1, 0.15) is 33.1 Å². The van der Waals surface area contributed by atoms with Gasteiger partial charge >= 0.3 is 0 Å². The fourth-order valence-electron chi connectivity index (χ4n) is 2.53. The van der Waals surface area contributed by atoms with Gasteiger partial charge in [0.15, 0.2) is 0 Å². The molecule has 4 nitrogen and oxygen atoms in total. The second kappa shape index (κ2) is 7.71. The van der Waals surface area contributed by atoms with Crippen LogP contribution in [0.3, 0.4) is 0 Å². The van der Waals surface area contributed by atoms with Gasteiger partial charge in [0.05, 0.1) is 23.4 Å². The zero-order valence-corrected chi connectivity index (χ0v) is 13.5. The normalized spacial score (nSPS) is 21.4. The average molecular weight is 308 g/mol. The fraction of sp³-hybridized carbons (Fsp3) is 0.562. The van der Waals surface area contributed by atoms with E-state index in [0.29, 0.717) is 18.0 Å². The molecule has 5 heteroatoms. The molecular formula is C16H24N2O2S. The summed E-state index contributed by atoms with van der Waals surface area (Å²) in [5, 5.41) is 2.98. The van der Waals surface area contributed by atoms with Crippen molar-refractivity contribution in [1.82, 2.24) is 0 Å². The first-order valence-electron chi connectivity index (χ1n) is 7.60. The summed E-state index contributed by atoms with van der Waals surface area (Å²) in [6, 6.07) is 5.82. The van der Waals surface area contributed by atoms with E-state index in [9.17, 15) is 4.79 Å². The number of nitrogen functional groups attached to an aromatic ring is 1. The van der Waals surface area contributed by atoms with Gasteiger partial charge in [-0.15, -0.1) is 11.8 Å². The molecule has 1 saturated heterocycles. The Morgan fingerprint density at radius 1 is 1.48 bits per heavy atom. The Balaban J connectivity index is 2.05. The Kier molecular flexibility index (Phi) is 5.94. The zero-order valence-electron chi connectivity index (χ0n) is 12.7. The van der Waals surface area contributed by atoms with Crippen molar-refractivity contribution in [3.05, 3.63) is 18.2 Å². The van der Waals surface area contributed by atoms with Crippen LogP contribution in [0.4, 0.5) is 11.4 Å². The third-order valence-corrected chi connectivity index (χ3v) is 4.90. The van der Waals surface area contributed by atoms with E-state index in [1.54, 1.807) is 11.8 Å². The van der Waals surface area contributed by atoms with Crippen LogP contribution in [0, 0.1) is 5.92 Å². The maximum Gasteiger partial charge on any atom is 0.230 e. The molecule has 1 fully saturated rings. The number of hydrogen-bond acceptors (Lipinski definition) is 4. The van der Waals surface area contributed by atoms with Crippen LogP contribution in [0.25, 0.3) is 0 Å². The van der Waals surface area contributed by atoms with E-state index >= 15 is 0 Å². The number of carbonyl (C=O) groups excluding carboxylic acids is 1. The summed E-state index contributed by atoms with van der Waals surface area (Å²) in [5.74, 6) is 1.01. The number of amides is 1. The van der Waals surface area contributed by atoms with Crippen LogP contribution in [0.2, 0.25) is 0 Å². The van der Waals surface area contributed by atoms with Crippen LogP contribution in [-0.4, -0.2) is 24.4 Å². The Morgan fingerprint density at radius 3 is 3.00 bits per heavy atom. The van der Waals surface area contributed by atoms with Gasteiger partial charge in [0.1, 0.15) is 0 Å². The smallest absolute Gasteiger partial charge is 0.230 e. The van der Waals surface area contributed by atoms with E-state index in [-0.39, 0.29) is 17.9 Å². The van der Waals surface area contributed by atoms with Gasteiger partial charge in [0.2, 0.25) is 5.91 Å². The summed E-state index contributed by atoms with van der Waals surface area (Å²) in [5.41, 5.74) is 7.30. The molecule has 1 aromatic rings. The van der Waals surface area contributed by atoms with Crippen LogP contribution in [-0.2, 0) is 9.53 Å². The lowest BCUT2D eigenvalue weighted by molar-refractivity contribution is -0.121. The topological polar surface area (TPSA) is 64.3 Å². The fourth-order valence-corrected chi connectivity index (χ4v) is 3.33. The van der Waals surface area contributed by atoms with E-state index in [1.807, 2.05) is 25.1 Å². The summed E-state index contributed by atoms with van der Waals surface area (Å²) < 4.78 is 5.58. The predicted molar refractivity (Wildman–Crippen MR) is 88.6 cm³/mol. The third-order valence-electron chi connectivity index (χ3n) is 3.70. The monoisotopic (exact) mass is 308 g/mol. The highest BCUT2D eigenvalue weighted by molar-refractivity contribution is 7.99. The van der Waals surface area contributed by atoms with Gasteiger partial charge in [-0.3, -0.25) is 4.79 Å². The number of anilines is 2. The summed E-state index contributed by atoms with van der Waals surface area (Å²) in [7, 11) is 0. The first-order valence-corrected chi connectivity index (χ1v) is 8.59. The third kappa shape index (κ3) is 4.14. The molecular weight excluding hydrogens is 284 g/mol. The number of carbonyl (C=O) groups is 1. The Labute approximate surface area is 130 Å². The summed E-state index contributed by atoms with van der Waals surface area (Å²) in [4.78, 5) is 13.5. The summed E-state index contributed by atoms with van der Waals surface area (Å²) >= 11 is 1.78. The number of hydrogen-bond donors (Lipinski definition) is 2. The molecule has 1 aromatic carbocycles. The van der Waals surface area contributed by atoms with Gasteiger partial charge in [-0.05, 0) is 43.2 Å². The van der Waals surface area contributed by atoms with Crippen LogP contribution < -0.4 is 11.1 Å². The van der Waals surface area contributed by atoms with E-state index < -0.39 is 0 Å². The molecule has 1 heterocycles. The highest BCUT2D eigenvalue weighted by Gasteiger charge is 2.32. The highest BCUT2D eigenvalue weighted by Crippen LogP contribution is 2.29. The molecule has 1 aliphatic heterocycles. The molecule has 0 saturated carbocycles. The first-order chi connectivity index (χ1) is 10.2. The van der Waals surface area contributed by atoms with Crippen molar-refractivity contribution in [3.8, 4) is 0 Å². The zero-order chi connectivity index (χ0) is 15.2. The Bertz CT molecular complexity index is 493. The van der Waals surface area contributed by atoms with Crippen molar-refractivity contribution in [2.24, 2.45) is 5.92 Å². The molecule has 2 rings (SSSR count). The maximum atomic E-state index is 12.4. The second-order valence-corrected chi connectivity index (χ2v) is 6.47. The molecule has 1 aliphatic rings. The van der Waals surface area contributed by atoms with Gasteiger partial charge in [0.25, 0.3) is 0 Å². The van der Waals surface area contributed by atoms with Crippen molar-refractivity contribution in [3.63, 3.8) is 0 Å². The minimum atomic E-state index is -0.0682. The molecule has 3 N–H and O–H groups in total. The average Bonchev–Trinajstić information content (AvgIpc) is 2.96. The number of nitrogens with one attached hydrogen (secondary N) is 1. The number of rotatable bonds is 6. The number of ether oxygens (including phenoxy) is 1. The van der Waals surface area contributed by atoms with Gasteiger partial charge in [-0.25, -0.2) is 0 Å². The largest absolute Gasteiger partial charge is 0.397 e. The second-order valence-electron chi connectivity index (χ2n) is 5.30.